The van der Waals surface area contributed by atoms with E-state index in [1.54, 1.807) is 12.4 Å². The molecular formula is C17H22N6O2. The maximum atomic E-state index is 10.9. The highest BCUT2D eigenvalue weighted by Gasteiger charge is 2.29. The lowest BCUT2D eigenvalue weighted by Gasteiger charge is -2.24. The molecule has 2 aromatic heterocycles. The maximum Gasteiger partial charge on any atom is 0.304 e. The maximum absolute atomic E-state index is 10.9. The van der Waals surface area contributed by atoms with E-state index in [0.29, 0.717) is 18.3 Å². The summed E-state index contributed by atoms with van der Waals surface area (Å²) in [6.45, 7) is 5.22. The highest BCUT2D eigenvalue weighted by molar-refractivity contribution is 5.66. The number of nitrogens with one attached hydrogen (secondary N) is 1. The quantitative estimate of drug-likeness (QED) is 0.823. The number of aryl methyl sites for hydroxylation is 2. The summed E-state index contributed by atoms with van der Waals surface area (Å²) in [6, 6.07) is 1.97. The van der Waals surface area contributed by atoms with Crippen LogP contribution in [0.2, 0.25) is 0 Å². The Morgan fingerprint density at radius 3 is 2.72 bits per heavy atom. The van der Waals surface area contributed by atoms with Gasteiger partial charge in [0, 0.05) is 30.3 Å². The molecule has 0 spiro atoms. The van der Waals surface area contributed by atoms with Gasteiger partial charge in [-0.25, -0.2) is 15.0 Å². The summed E-state index contributed by atoms with van der Waals surface area (Å²) in [7, 11) is 0. The van der Waals surface area contributed by atoms with Crippen molar-refractivity contribution in [3.63, 3.8) is 0 Å². The zero-order valence-corrected chi connectivity index (χ0v) is 14.4. The predicted molar refractivity (Wildman–Crippen MR) is 92.6 cm³/mol. The smallest absolute Gasteiger partial charge is 0.304 e. The van der Waals surface area contributed by atoms with Gasteiger partial charge in [0.1, 0.15) is 5.69 Å². The molecular weight excluding hydrogens is 320 g/mol. The van der Waals surface area contributed by atoms with Crippen molar-refractivity contribution >= 4 is 17.7 Å². The lowest BCUT2D eigenvalue weighted by Crippen LogP contribution is -2.27. The SMILES string of the molecule is Cc1cc(C)nc(Nc2nccnc2C2CCCN2CCC(=O)O)n1. The van der Waals surface area contributed by atoms with Crippen molar-refractivity contribution in [1.29, 1.82) is 0 Å². The standard InChI is InChI=1S/C17H22N6O2/c1-11-10-12(2)21-17(20-11)22-16-15(18-6-7-19-16)13-4-3-8-23(13)9-5-14(24)25/h6-7,10,13H,3-5,8-9H2,1-2H3,(H,24,25)(H,19,20,21,22). The molecule has 3 heterocycles. The third-order valence-corrected chi connectivity index (χ3v) is 4.23. The van der Waals surface area contributed by atoms with Crippen LogP contribution in [0.3, 0.4) is 0 Å². The molecule has 0 bridgehead atoms. The highest BCUT2D eigenvalue weighted by Crippen LogP contribution is 2.34. The van der Waals surface area contributed by atoms with Gasteiger partial charge in [0.05, 0.1) is 12.5 Å². The van der Waals surface area contributed by atoms with Gasteiger partial charge < -0.3 is 10.4 Å². The number of carboxylic acids is 1. The summed E-state index contributed by atoms with van der Waals surface area (Å²) in [6.07, 6.45) is 5.36. The summed E-state index contributed by atoms with van der Waals surface area (Å²) >= 11 is 0. The summed E-state index contributed by atoms with van der Waals surface area (Å²) in [4.78, 5) is 30.8. The van der Waals surface area contributed by atoms with Crippen molar-refractivity contribution in [2.24, 2.45) is 0 Å². The second-order valence-electron chi connectivity index (χ2n) is 6.23. The van der Waals surface area contributed by atoms with Crippen LogP contribution in [0, 0.1) is 13.8 Å². The van der Waals surface area contributed by atoms with Crippen LogP contribution in [0.4, 0.5) is 11.8 Å². The van der Waals surface area contributed by atoms with Crippen molar-refractivity contribution in [1.82, 2.24) is 24.8 Å². The average Bonchev–Trinajstić information content (AvgIpc) is 3.01. The number of hydrogen-bond acceptors (Lipinski definition) is 7. The molecule has 1 atom stereocenters. The van der Waals surface area contributed by atoms with Crippen molar-refractivity contribution in [3.05, 3.63) is 35.5 Å². The van der Waals surface area contributed by atoms with Gasteiger partial charge in [-0.05, 0) is 39.3 Å². The largest absolute Gasteiger partial charge is 0.481 e. The Balaban J connectivity index is 1.84. The van der Waals surface area contributed by atoms with Crippen LogP contribution in [0.25, 0.3) is 0 Å². The van der Waals surface area contributed by atoms with Gasteiger partial charge in [0.15, 0.2) is 5.82 Å². The third-order valence-electron chi connectivity index (χ3n) is 4.23. The van der Waals surface area contributed by atoms with Crippen molar-refractivity contribution in [2.45, 2.75) is 39.2 Å². The number of anilines is 2. The third kappa shape index (κ3) is 4.27. The van der Waals surface area contributed by atoms with Gasteiger partial charge in [-0.3, -0.25) is 14.7 Å². The topological polar surface area (TPSA) is 104 Å². The summed E-state index contributed by atoms with van der Waals surface area (Å²) in [5.74, 6) is 0.334. The molecule has 0 amide bonds. The molecule has 3 rings (SSSR count). The second kappa shape index (κ2) is 7.52. The van der Waals surface area contributed by atoms with Crippen molar-refractivity contribution in [2.75, 3.05) is 18.4 Å². The first-order valence-corrected chi connectivity index (χ1v) is 8.39. The van der Waals surface area contributed by atoms with E-state index in [1.165, 1.54) is 0 Å². The Bertz CT molecular complexity index is 746. The normalized spacial score (nSPS) is 17.6. The second-order valence-corrected chi connectivity index (χ2v) is 6.23. The Morgan fingerprint density at radius 1 is 1.28 bits per heavy atom. The number of aliphatic carboxylic acids is 1. The Morgan fingerprint density at radius 2 is 2.00 bits per heavy atom. The first-order valence-electron chi connectivity index (χ1n) is 8.39. The zero-order valence-electron chi connectivity index (χ0n) is 14.4. The first kappa shape index (κ1) is 17.2. The van der Waals surface area contributed by atoms with Gasteiger partial charge in [-0.15, -0.1) is 0 Å². The minimum Gasteiger partial charge on any atom is -0.481 e. The van der Waals surface area contributed by atoms with E-state index >= 15 is 0 Å². The fourth-order valence-corrected chi connectivity index (χ4v) is 3.22. The fraction of sp³-hybridized carbons (Fsp3) is 0.471. The van der Waals surface area contributed by atoms with Gasteiger partial charge in [0.2, 0.25) is 5.95 Å². The molecule has 2 aromatic rings. The van der Waals surface area contributed by atoms with E-state index in [-0.39, 0.29) is 12.5 Å². The molecule has 1 saturated heterocycles. The van der Waals surface area contributed by atoms with Gasteiger partial charge >= 0.3 is 5.97 Å². The number of carbonyl (C=O) groups is 1. The minimum atomic E-state index is -0.785. The fourth-order valence-electron chi connectivity index (χ4n) is 3.22. The Kier molecular flexibility index (Phi) is 5.18. The molecule has 1 aliphatic heterocycles. The monoisotopic (exact) mass is 342 g/mol. The lowest BCUT2D eigenvalue weighted by molar-refractivity contribution is -0.137. The molecule has 0 aliphatic carbocycles. The van der Waals surface area contributed by atoms with Crippen LogP contribution in [-0.2, 0) is 4.79 Å². The molecule has 8 nitrogen and oxygen atoms in total. The average molecular weight is 342 g/mol. The van der Waals surface area contributed by atoms with E-state index in [4.69, 9.17) is 5.11 Å². The molecule has 0 aromatic carbocycles. The number of rotatable bonds is 6. The van der Waals surface area contributed by atoms with Gasteiger partial charge in [0.25, 0.3) is 0 Å². The van der Waals surface area contributed by atoms with Gasteiger partial charge in [-0.2, -0.15) is 0 Å². The lowest BCUT2D eigenvalue weighted by atomic mass is 10.1. The summed E-state index contributed by atoms with van der Waals surface area (Å²) in [5, 5.41) is 12.1. The Labute approximate surface area is 146 Å². The number of nitrogens with zero attached hydrogens (tertiary/aromatic N) is 5. The van der Waals surface area contributed by atoms with Crippen LogP contribution < -0.4 is 5.32 Å². The Hall–Kier alpha value is -2.61. The van der Waals surface area contributed by atoms with Crippen molar-refractivity contribution in [3.8, 4) is 0 Å². The zero-order chi connectivity index (χ0) is 17.8. The van der Waals surface area contributed by atoms with Gasteiger partial charge in [-0.1, -0.05) is 0 Å². The number of carboxylic acid groups (broad SMARTS) is 1. The molecule has 1 unspecified atom stereocenters. The molecule has 1 aliphatic rings. The van der Waals surface area contributed by atoms with E-state index in [2.05, 4.69) is 30.2 Å². The van der Waals surface area contributed by atoms with E-state index in [9.17, 15) is 4.79 Å². The first-order chi connectivity index (χ1) is 12.0. The number of likely N-dealkylation sites (tertiary alicyclic amines) is 1. The van der Waals surface area contributed by atoms with Crippen LogP contribution in [0.1, 0.15) is 42.4 Å². The van der Waals surface area contributed by atoms with Crippen LogP contribution in [-0.4, -0.2) is 49.0 Å². The highest BCUT2D eigenvalue weighted by atomic mass is 16.4. The van der Waals surface area contributed by atoms with Crippen LogP contribution in [0.15, 0.2) is 18.5 Å². The van der Waals surface area contributed by atoms with E-state index < -0.39 is 5.97 Å². The molecule has 1 fully saturated rings. The van der Waals surface area contributed by atoms with E-state index in [0.717, 1.165) is 36.5 Å². The number of hydrogen-bond donors (Lipinski definition) is 2. The molecule has 8 heteroatoms. The molecule has 0 radical (unpaired) electrons. The summed E-state index contributed by atoms with van der Waals surface area (Å²) < 4.78 is 0. The molecule has 25 heavy (non-hydrogen) atoms. The van der Waals surface area contributed by atoms with Crippen LogP contribution in [0.5, 0.6) is 0 Å². The van der Waals surface area contributed by atoms with Crippen LogP contribution >= 0.6 is 0 Å². The molecule has 2 N–H and O–H groups in total. The molecule has 0 saturated carbocycles. The number of aromatic nitrogens is 4. The summed E-state index contributed by atoms with van der Waals surface area (Å²) in [5.41, 5.74) is 2.57. The van der Waals surface area contributed by atoms with Crippen molar-refractivity contribution < 1.29 is 9.90 Å². The van der Waals surface area contributed by atoms with E-state index in [1.807, 2.05) is 19.9 Å². The minimum absolute atomic E-state index is 0.0569. The predicted octanol–water partition coefficient (Wildman–Crippen LogP) is 2.24. The molecule has 132 valence electrons.